The van der Waals surface area contributed by atoms with Crippen LogP contribution in [0.4, 0.5) is 5.69 Å². The average molecular weight is 547 g/mol. The molecule has 194 valence electrons. The molecule has 5 rings (SSSR count). The molecule has 1 amide bonds. The van der Waals surface area contributed by atoms with E-state index in [-0.39, 0.29) is 24.4 Å². The Morgan fingerprint density at radius 2 is 1.97 bits per heavy atom. The number of amides is 1. The van der Waals surface area contributed by atoms with Crippen molar-refractivity contribution in [1.29, 1.82) is 0 Å². The Balaban J connectivity index is 1.40. The van der Waals surface area contributed by atoms with E-state index >= 15 is 0 Å². The number of benzene rings is 2. The van der Waals surface area contributed by atoms with E-state index in [1.165, 1.54) is 0 Å². The van der Waals surface area contributed by atoms with Gasteiger partial charge in [0, 0.05) is 29.7 Å². The predicted molar refractivity (Wildman–Crippen MR) is 152 cm³/mol. The van der Waals surface area contributed by atoms with E-state index in [9.17, 15) is 4.79 Å². The van der Waals surface area contributed by atoms with Crippen LogP contribution in [0.1, 0.15) is 35.5 Å². The van der Waals surface area contributed by atoms with Crippen LogP contribution in [-0.2, 0) is 4.79 Å². The van der Waals surface area contributed by atoms with Crippen LogP contribution in [-0.4, -0.2) is 34.6 Å². The number of halogens is 1. The van der Waals surface area contributed by atoms with Crippen molar-refractivity contribution in [2.45, 2.75) is 25.4 Å². The summed E-state index contributed by atoms with van der Waals surface area (Å²) in [5.74, 6) is 1.87. The van der Waals surface area contributed by atoms with Crippen molar-refractivity contribution in [3.63, 3.8) is 0 Å². The maximum atomic E-state index is 12.9. The van der Waals surface area contributed by atoms with Gasteiger partial charge in [0.15, 0.2) is 5.11 Å². The first-order valence-corrected chi connectivity index (χ1v) is 13.0. The largest absolute Gasteiger partial charge is 0.495 e. The Hall–Kier alpha value is -3.88. The number of aromatic nitrogens is 1. The van der Waals surface area contributed by atoms with E-state index < -0.39 is 0 Å². The molecule has 0 radical (unpaired) electrons. The molecule has 0 saturated carbocycles. The molecule has 9 heteroatoms. The number of ether oxygens (including phenoxy) is 1. The van der Waals surface area contributed by atoms with Crippen molar-refractivity contribution in [2.75, 3.05) is 19.0 Å². The normalized spacial score (nSPS) is 16.8. The molecule has 2 aromatic carbocycles. The second kappa shape index (κ2) is 11.2. The van der Waals surface area contributed by atoms with Gasteiger partial charge in [-0.3, -0.25) is 9.78 Å². The second-order valence-electron chi connectivity index (χ2n) is 8.98. The average Bonchev–Trinajstić information content (AvgIpc) is 3.54. The maximum absolute atomic E-state index is 12.9. The summed E-state index contributed by atoms with van der Waals surface area (Å²) < 4.78 is 11.7. The molecule has 38 heavy (non-hydrogen) atoms. The third-order valence-corrected chi connectivity index (χ3v) is 7.29. The number of anilines is 1. The smallest absolute Gasteiger partial charge is 0.226 e. The Bertz CT molecular complexity index is 1460. The van der Waals surface area contributed by atoms with Gasteiger partial charge in [-0.2, -0.15) is 0 Å². The molecule has 2 aromatic heterocycles. The Kier molecular flexibility index (Phi) is 7.62. The van der Waals surface area contributed by atoms with Gasteiger partial charge in [0.25, 0.3) is 0 Å². The van der Waals surface area contributed by atoms with Crippen LogP contribution >= 0.6 is 23.8 Å². The molecule has 0 spiro atoms. The lowest BCUT2D eigenvalue weighted by Gasteiger charge is -2.26. The predicted octanol–water partition coefficient (Wildman–Crippen LogP) is 6.31. The Labute approximate surface area is 231 Å². The number of para-hydroxylation sites is 2. The maximum Gasteiger partial charge on any atom is 0.226 e. The van der Waals surface area contributed by atoms with E-state index in [1.54, 1.807) is 25.4 Å². The van der Waals surface area contributed by atoms with Gasteiger partial charge < -0.3 is 24.7 Å². The van der Waals surface area contributed by atoms with Crippen LogP contribution in [0.25, 0.3) is 11.3 Å². The fourth-order valence-electron chi connectivity index (χ4n) is 4.55. The summed E-state index contributed by atoms with van der Waals surface area (Å²) in [6.07, 6.45) is 1.97. The molecule has 7 nitrogen and oxygen atoms in total. The number of carbonyl (C=O) groups excluding carboxylic acids is 1. The molecule has 1 aliphatic rings. The molecule has 2 N–H and O–H groups in total. The molecule has 3 heterocycles. The highest BCUT2D eigenvalue weighted by Gasteiger charge is 2.41. The molecule has 0 unspecified atom stereocenters. The zero-order valence-corrected chi connectivity index (χ0v) is 22.6. The van der Waals surface area contributed by atoms with Gasteiger partial charge in [-0.1, -0.05) is 41.9 Å². The minimum atomic E-state index is -0.300. The second-order valence-corrected chi connectivity index (χ2v) is 9.78. The SMILES string of the molecule is COc1ccccc1NC(=O)CCN1C(=S)N[C@@H](c2ccccn2)[C@H]1c1ccc(-c2ccc(C)c(Cl)c2)o1. The number of rotatable bonds is 8. The highest BCUT2D eigenvalue weighted by Crippen LogP contribution is 2.40. The fraction of sp³-hybridized carbons (Fsp3) is 0.207. The molecule has 1 fully saturated rings. The van der Waals surface area contributed by atoms with Crippen molar-refractivity contribution >= 4 is 40.5 Å². The summed E-state index contributed by atoms with van der Waals surface area (Å²) in [5.41, 5.74) is 3.34. The number of nitrogens with zero attached hydrogens (tertiary/aromatic N) is 2. The number of hydrogen-bond acceptors (Lipinski definition) is 5. The van der Waals surface area contributed by atoms with Crippen molar-refractivity contribution in [3.8, 4) is 17.1 Å². The minimum Gasteiger partial charge on any atom is -0.495 e. The van der Waals surface area contributed by atoms with Crippen molar-refractivity contribution in [2.24, 2.45) is 0 Å². The lowest BCUT2D eigenvalue weighted by molar-refractivity contribution is -0.116. The monoisotopic (exact) mass is 546 g/mol. The topological polar surface area (TPSA) is 79.6 Å². The van der Waals surface area contributed by atoms with Crippen LogP contribution in [0.2, 0.25) is 5.02 Å². The number of carbonyl (C=O) groups is 1. The summed E-state index contributed by atoms with van der Waals surface area (Å²) in [6, 6.07) is 22.3. The molecule has 1 aliphatic heterocycles. The van der Waals surface area contributed by atoms with E-state index in [0.29, 0.717) is 39.6 Å². The molecule has 4 aromatic rings. The summed E-state index contributed by atoms with van der Waals surface area (Å²) in [6.45, 7) is 2.34. The Morgan fingerprint density at radius 1 is 1.16 bits per heavy atom. The third-order valence-electron chi connectivity index (χ3n) is 6.53. The summed E-state index contributed by atoms with van der Waals surface area (Å²) >= 11 is 12.1. The van der Waals surface area contributed by atoms with Crippen LogP contribution in [0.5, 0.6) is 5.75 Å². The molecule has 2 atom stereocenters. The van der Waals surface area contributed by atoms with Gasteiger partial charge >= 0.3 is 0 Å². The molecule has 0 bridgehead atoms. The van der Waals surface area contributed by atoms with Crippen LogP contribution in [0.3, 0.4) is 0 Å². The van der Waals surface area contributed by atoms with Crippen molar-refractivity contribution in [3.05, 3.63) is 101 Å². The number of nitrogens with one attached hydrogen (secondary N) is 2. The van der Waals surface area contributed by atoms with Gasteiger partial charge in [0.1, 0.15) is 23.3 Å². The number of aryl methyl sites for hydroxylation is 1. The van der Waals surface area contributed by atoms with Gasteiger partial charge in [-0.25, -0.2) is 0 Å². The van der Waals surface area contributed by atoms with Gasteiger partial charge in [-0.05, 0) is 67.2 Å². The quantitative estimate of drug-likeness (QED) is 0.251. The number of hydrogen-bond donors (Lipinski definition) is 2. The minimum absolute atomic E-state index is 0.147. The van der Waals surface area contributed by atoms with Crippen molar-refractivity contribution < 1.29 is 13.9 Å². The first-order chi connectivity index (χ1) is 18.4. The van der Waals surface area contributed by atoms with Crippen LogP contribution < -0.4 is 15.4 Å². The number of furan rings is 1. The summed E-state index contributed by atoms with van der Waals surface area (Å²) in [7, 11) is 1.57. The fourth-order valence-corrected chi connectivity index (χ4v) is 5.06. The highest BCUT2D eigenvalue weighted by molar-refractivity contribution is 7.80. The van der Waals surface area contributed by atoms with Gasteiger partial charge in [0.2, 0.25) is 5.91 Å². The number of methoxy groups -OCH3 is 1. The molecular weight excluding hydrogens is 520 g/mol. The van der Waals surface area contributed by atoms with Gasteiger partial charge in [-0.15, -0.1) is 0 Å². The highest BCUT2D eigenvalue weighted by atomic mass is 35.5. The summed E-state index contributed by atoms with van der Waals surface area (Å²) in [4.78, 5) is 19.4. The molecular formula is C29H27ClN4O3S. The van der Waals surface area contributed by atoms with Crippen LogP contribution in [0, 0.1) is 6.92 Å². The molecule has 0 aliphatic carbocycles. The zero-order valence-electron chi connectivity index (χ0n) is 21.0. The number of pyridine rings is 1. The third kappa shape index (κ3) is 5.37. The lowest BCUT2D eigenvalue weighted by atomic mass is 10.0. The standard InChI is InChI=1S/C29H27ClN4O3S/c1-18-10-11-19(17-20(18)30)23-12-13-25(37-23)28-27(22-8-5-6-15-31-22)33-29(38)34(28)16-14-26(35)32-21-7-3-4-9-24(21)36-2/h3-13,15,17,27-28H,14,16H2,1-2H3,(H,32,35)(H,33,38)/t27-,28+/m0/s1. The number of thiocarbonyl (C=S) groups is 1. The van der Waals surface area contributed by atoms with Crippen molar-refractivity contribution in [1.82, 2.24) is 15.2 Å². The summed E-state index contributed by atoms with van der Waals surface area (Å²) in [5, 5.41) is 7.53. The van der Waals surface area contributed by atoms with E-state index in [2.05, 4.69) is 15.6 Å². The molecule has 1 saturated heterocycles. The van der Waals surface area contributed by atoms with E-state index in [0.717, 1.165) is 16.8 Å². The first-order valence-electron chi connectivity index (χ1n) is 12.2. The van der Waals surface area contributed by atoms with E-state index in [1.807, 2.05) is 72.5 Å². The first kappa shape index (κ1) is 25.8. The Morgan fingerprint density at radius 3 is 2.74 bits per heavy atom. The zero-order chi connectivity index (χ0) is 26.6. The van der Waals surface area contributed by atoms with Gasteiger partial charge in [0.05, 0.1) is 24.5 Å². The van der Waals surface area contributed by atoms with E-state index in [4.69, 9.17) is 33.0 Å². The van der Waals surface area contributed by atoms with Crippen LogP contribution in [0.15, 0.2) is 83.4 Å². The lowest BCUT2D eigenvalue weighted by Crippen LogP contribution is -2.32.